The summed E-state index contributed by atoms with van der Waals surface area (Å²) in [6, 6.07) is 1.42. The third-order valence-corrected chi connectivity index (χ3v) is 2.37. The minimum Gasteiger partial charge on any atom is -0.321 e. The van der Waals surface area contributed by atoms with Crippen LogP contribution < -0.4 is 5.73 Å². The molecule has 0 amide bonds. The first kappa shape index (κ1) is 11.9. The van der Waals surface area contributed by atoms with Gasteiger partial charge in [-0.2, -0.15) is 0 Å². The van der Waals surface area contributed by atoms with E-state index in [2.05, 4.69) is 18.8 Å². The number of Topliss-reactive ketones (excluding diaryl/α,β-unsaturated/α-hetero) is 1. The second kappa shape index (κ2) is 5.03. The van der Waals surface area contributed by atoms with E-state index in [1.165, 1.54) is 0 Å². The molecule has 1 heterocycles. The number of aryl methyl sites for hydroxylation is 1. The number of aromatic nitrogens is 1. The third-order valence-electron chi connectivity index (χ3n) is 2.37. The molecule has 1 rings (SSSR count). The van der Waals surface area contributed by atoms with E-state index < -0.39 is 6.04 Å². The van der Waals surface area contributed by atoms with Crippen LogP contribution in [0, 0.1) is 12.8 Å². The van der Waals surface area contributed by atoms with Gasteiger partial charge in [-0.25, -0.2) is 0 Å². The van der Waals surface area contributed by atoms with Gasteiger partial charge in [0.2, 0.25) is 0 Å². The van der Waals surface area contributed by atoms with Crippen molar-refractivity contribution in [2.45, 2.75) is 33.2 Å². The number of hydrogen-bond donors (Lipinski definition) is 1. The predicted molar refractivity (Wildman–Crippen MR) is 60.7 cm³/mol. The topological polar surface area (TPSA) is 56.0 Å². The van der Waals surface area contributed by atoms with E-state index >= 15 is 0 Å². The number of pyridine rings is 1. The first-order chi connectivity index (χ1) is 7.02. The molecule has 0 saturated carbocycles. The summed E-state index contributed by atoms with van der Waals surface area (Å²) >= 11 is 0. The van der Waals surface area contributed by atoms with E-state index in [1.54, 1.807) is 12.4 Å². The Morgan fingerprint density at radius 1 is 1.53 bits per heavy atom. The lowest BCUT2D eigenvalue weighted by atomic mass is 9.96. The number of hydrogen-bond acceptors (Lipinski definition) is 3. The minimum atomic E-state index is -0.409. The van der Waals surface area contributed by atoms with Crippen molar-refractivity contribution in [2.24, 2.45) is 11.7 Å². The maximum atomic E-state index is 11.9. The molecule has 0 saturated heterocycles. The van der Waals surface area contributed by atoms with Crippen molar-refractivity contribution < 1.29 is 4.79 Å². The third kappa shape index (κ3) is 3.13. The Morgan fingerprint density at radius 2 is 2.20 bits per heavy atom. The monoisotopic (exact) mass is 206 g/mol. The second-order valence-electron chi connectivity index (χ2n) is 4.29. The number of nitrogens with zero attached hydrogens (tertiary/aromatic N) is 1. The van der Waals surface area contributed by atoms with E-state index in [-0.39, 0.29) is 5.78 Å². The van der Waals surface area contributed by atoms with Crippen molar-refractivity contribution in [3.63, 3.8) is 0 Å². The van der Waals surface area contributed by atoms with Gasteiger partial charge in [-0.15, -0.1) is 0 Å². The molecular weight excluding hydrogens is 188 g/mol. The van der Waals surface area contributed by atoms with Crippen LogP contribution in [0.15, 0.2) is 18.5 Å². The van der Waals surface area contributed by atoms with Crippen molar-refractivity contribution in [3.8, 4) is 0 Å². The molecule has 0 aliphatic carbocycles. The van der Waals surface area contributed by atoms with E-state index in [4.69, 9.17) is 5.73 Å². The number of carbonyl (C=O) groups excluding carboxylic acids is 1. The van der Waals surface area contributed by atoms with Crippen LogP contribution in [0.25, 0.3) is 0 Å². The Kier molecular flexibility index (Phi) is 3.97. The Balaban J connectivity index is 2.81. The average Bonchev–Trinajstić information content (AvgIpc) is 2.16. The summed E-state index contributed by atoms with van der Waals surface area (Å²) in [6.07, 6.45) is 3.99. The molecular formula is C12H18N2O. The van der Waals surface area contributed by atoms with Crippen LogP contribution in [-0.2, 0) is 0 Å². The number of rotatable bonds is 4. The highest BCUT2D eigenvalue weighted by Crippen LogP contribution is 2.12. The fourth-order valence-corrected chi connectivity index (χ4v) is 1.54. The van der Waals surface area contributed by atoms with Crippen LogP contribution in [0.5, 0.6) is 0 Å². The van der Waals surface area contributed by atoms with Gasteiger partial charge in [0.25, 0.3) is 0 Å². The van der Waals surface area contributed by atoms with Crippen molar-refractivity contribution >= 4 is 5.78 Å². The van der Waals surface area contributed by atoms with Gasteiger partial charge >= 0.3 is 0 Å². The van der Waals surface area contributed by atoms with Crippen LogP contribution in [0.4, 0.5) is 0 Å². The van der Waals surface area contributed by atoms with Gasteiger partial charge in [-0.1, -0.05) is 13.8 Å². The summed E-state index contributed by atoms with van der Waals surface area (Å²) in [7, 11) is 0. The number of carbonyl (C=O) groups is 1. The first-order valence-electron chi connectivity index (χ1n) is 5.22. The highest BCUT2D eigenvalue weighted by atomic mass is 16.1. The molecule has 0 radical (unpaired) electrons. The van der Waals surface area contributed by atoms with Crippen LogP contribution in [-0.4, -0.2) is 16.8 Å². The highest BCUT2D eigenvalue weighted by molar-refractivity contribution is 6.00. The number of ketones is 1. The lowest BCUT2D eigenvalue weighted by Gasteiger charge is -2.13. The fourth-order valence-electron chi connectivity index (χ4n) is 1.54. The van der Waals surface area contributed by atoms with E-state index in [0.717, 1.165) is 5.56 Å². The second-order valence-corrected chi connectivity index (χ2v) is 4.29. The Bertz CT molecular complexity index is 347. The summed E-state index contributed by atoms with van der Waals surface area (Å²) in [6.45, 7) is 6.02. The predicted octanol–water partition coefficient (Wildman–Crippen LogP) is 1.95. The summed E-state index contributed by atoms with van der Waals surface area (Å²) < 4.78 is 0. The molecule has 1 atom stereocenters. The SMILES string of the molecule is Cc1ccncc1C(=O)C(N)CC(C)C. The maximum absolute atomic E-state index is 11.9. The van der Waals surface area contributed by atoms with Gasteiger partial charge in [0.05, 0.1) is 6.04 Å². The zero-order valence-corrected chi connectivity index (χ0v) is 9.53. The molecule has 0 aromatic carbocycles. The molecule has 0 aliphatic rings. The van der Waals surface area contributed by atoms with Gasteiger partial charge in [0, 0.05) is 18.0 Å². The molecule has 3 nitrogen and oxygen atoms in total. The van der Waals surface area contributed by atoms with Gasteiger partial charge in [-0.05, 0) is 30.9 Å². The van der Waals surface area contributed by atoms with E-state index in [1.807, 2.05) is 13.0 Å². The zero-order valence-electron chi connectivity index (χ0n) is 9.53. The number of nitrogens with two attached hydrogens (primary N) is 1. The Hall–Kier alpha value is -1.22. The molecule has 15 heavy (non-hydrogen) atoms. The quantitative estimate of drug-likeness (QED) is 0.766. The van der Waals surface area contributed by atoms with Crippen LogP contribution >= 0.6 is 0 Å². The molecule has 1 unspecified atom stereocenters. The van der Waals surface area contributed by atoms with Crippen LogP contribution in [0.1, 0.15) is 36.2 Å². The largest absolute Gasteiger partial charge is 0.321 e. The van der Waals surface area contributed by atoms with E-state index in [0.29, 0.717) is 17.9 Å². The molecule has 1 aromatic heterocycles. The lowest BCUT2D eigenvalue weighted by molar-refractivity contribution is 0.0950. The van der Waals surface area contributed by atoms with Crippen molar-refractivity contribution in [1.82, 2.24) is 4.98 Å². The van der Waals surface area contributed by atoms with Crippen LogP contribution in [0.2, 0.25) is 0 Å². The maximum Gasteiger partial charge on any atom is 0.181 e. The molecule has 0 fully saturated rings. The summed E-state index contributed by atoms with van der Waals surface area (Å²) in [5.41, 5.74) is 7.42. The highest BCUT2D eigenvalue weighted by Gasteiger charge is 2.18. The summed E-state index contributed by atoms with van der Waals surface area (Å²) in [4.78, 5) is 15.9. The Labute approximate surface area is 90.7 Å². The van der Waals surface area contributed by atoms with Gasteiger partial charge in [0.15, 0.2) is 5.78 Å². The van der Waals surface area contributed by atoms with Crippen molar-refractivity contribution in [3.05, 3.63) is 29.6 Å². The lowest BCUT2D eigenvalue weighted by Crippen LogP contribution is -2.32. The average molecular weight is 206 g/mol. The zero-order chi connectivity index (χ0) is 11.4. The first-order valence-corrected chi connectivity index (χ1v) is 5.22. The molecule has 1 aromatic rings. The van der Waals surface area contributed by atoms with E-state index in [9.17, 15) is 4.79 Å². The summed E-state index contributed by atoms with van der Waals surface area (Å²) in [5, 5.41) is 0. The van der Waals surface area contributed by atoms with Gasteiger partial charge in [0.1, 0.15) is 0 Å². The fraction of sp³-hybridized carbons (Fsp3) is 0.500. The smallest absolute Gasteiger partial charge is 0.181 e. The van der Waals surface area contributed by atoms with Gasteiger partial charge in [-0.3, -0.25) is 9.78 Å². The van der Waals surface area contributed by atoms with Crippen LogP contribution in [0.3, 0.4) is 0 Å². The molecule has 0 spiro atoms. The molecule has 0 aliphatic heterocycles. The van der Waals surface area contributed by atoms with Gasteiger partial charge < -0.3 is 5.73 Å². The molecule has 82 valence electrons. The standard InChI is InChI=1S/C12H18N2O/c1-8(2)6-11(13)12(15)10-7-14-5-4-9(10)3/h4-5,7-8,11H,6,13H2,1-3H3. The summed E-state index contributed by atoms with van der Waals surface area (Å²) in [5.74, 6) is 0.426. The normalized spacial score (nSPS) is 12.9. The molecule has 0 bridgehead atoms. The minimum absolute atomic E-state index is 0.00528. The molecule has 2 N–H and O–H groups in total. The Morgan fingerprint density at radius 3 is 2.73 bits per heavy atom. The van der Waals surface area contributed by atoms with Crippen molar-refractivity contribution in [1.29, 1.82) is 0 Å². The van der Waals surface area contributed by atoms with Crippen molar-refractivity contribution in [2.75, 3.05) is 0 Å². The molecule has 3 heteroatoms.